The fourth-order valence-corrected chi connectivity index (χ4v) is 3.02. The Morgan fingerprint density at radius 2 is 1.62 bits per heavy atom. The summed E-state index contributed by atoms with van der Waals surface area (Å²) in [6.07, 6.45) is 3.44. The van der Waals surface area contributed by atoms with Gasteiger partial charge in [-0.15, -0.1) is 0 Å². The van der Waals surface area contributed by atoms with Gasteiger partial charge in [-0.05, 0) is 42.0 Å². The number of carbonyl (C=O) groups excluding carboxylic acids is 1. The van der Waals surface area contributed by atoms with Crippen LogP contribution in [0.3, 0.4) is 0 Å². The van der Waals surface area contributed by atoms with Crippen LogP contribution < -0.4 is 4.90 Å². The topological polar surface area (TPSA) is 23.6 Å². The molecular formula is C19H18Cl2N2O. The van der Waals surface area contributed by atoms with E-state index in [1.807, 2.05) is 59.5 Å². The number of rotatable bonds is 3. The largest absolute Gasteiger partial charge is 0.368 e. The van der Waals surface area contributed by atoms with Gasteiger partial charge in [0.25, 0.3) is 0 Å². The fourth-order valence-electron chi connectivity index (χ4n) is 2.70. The zero-order valence-corrected chi connectivity index (χ0v) is 14.7. The normalized spacial score (nSPS) is 15.1. The number of carbonyl (C=O) groups is 1. The molecule has 0 aromatic heterocycles. The van der Waals surface area contributed by atoms with Gasteiger partial charge in [0.05, 0.1) is 0 Å². The smallest absolute Gasteiger partial charge is 0.246 e. The number of amides is 1. The molecule has 0 N–H and O–H groups in total. The van der Waals surface area contributed by atoms with Crippen LogP contribution in [-0.2, 0) is 4.79 Å². The third-order valence-corrected chi connectivity index (χ3v) is 4.54. The van der Waals surface area contributed by atoms with Crippen molar-refractivity contribution in [3.8, 4) is 0 Å². The van der Waals surface area contributed by atoms with Crippen molar-refractivity contribution in [2.75, 3.05) is 31.1 Å². The monoisotopic (exact) mass is 360 g/mol. The maximum absolute atomic E-state index is 12.3. The van der Waals surface area contributed by atoms with Crippen molar-refractivity contribution in [1.82, 2.24) is 4.90 Å². The minimum absolute atomic E-state index is 0.0377. The fraction of sp³-hybridized carbons (Fsp3) is 0.211. The predicted octanol–water partition coefficient (Wildman–Crippen LogP) is 4.36. The summed E-state index contributed by atoms with van der Waals surface area (Å²) >= 11 is 11.9. The summed E-state index contributed by atoms with van der Waals surface area (Å²) in [7, 11) is 0. The quantitative estimate of drug-likeness (QED) is 0.759. The highest BCUT2D eigenvalue weighted by Gasteiger charge is 2.19. The summed E-state index contributed by atoms with van der Waals surface area (Å²) in [5.41, 5.74) is 2.07. The van der Waals surface area contributed by atoms with Gasteiger partial charge in [-0.1, -0.05) is 41.4 Å². The van der Waals surface area contributed by atoms with Crippen LogP contribution in [0, 0.1) is 0 Å². The Bertz CT molecular complexity index is 735. The number of hydrogen-bond donors (Lipinski definition) is 0. The molecule has 0 saturated carbocycles. The van der Waals surface area contributed by atoms with Gasteiger partial charge < -0.3 is 9.80 Å². The molecule has 0 atom stereocenters. The third-order valence-electron chi connectivity index (χ3n) is 4.05. The maximum Gasteiger partial charge on any atom is 0.246 e. The summed E-state index contributed by atoms with van der Waals surface area (Å²) in [4.78, 5) is 16.4. The number of halogens is 2. The summed E-state index contributed by atoms with van der Waals surface area (Å²) in [6, 6.07) is 15.2. The number of nitrogens with zero attached hydrogens (tertiary/aromatic N) is 2. The molecule has 3 rings (SSSR count). The van der Waals surface area contributed by atoms with Crippen molar-refractivity contribution >= 4 is 40.9 Å². The zero-order valence-electron chi connectivity index (χ0n) is 13.2. The Morgan fingerprint density at radius 3 is 2.29 bits per heavy atom. The molecule has 0 bridgehead atoms. The van der Waals surface area contributed by atoms with E-state index in [0.29, 0.717) is 18.1 Å². The SMILES string of the molecule is O=C(/C=C/c1ccc(Cl)cc1)N1CCN(c2cccc(Cl)c2)CC1. The molecular weight excluding hydrogens is 343 g/mol. The lowest BCUT2D eigenvalue weighted by Crippen LogP contribution is -2.48. The summed E-state index contributed by atoms with van der Waals surface area (Å²) in [5, 5.41) is 1.42. The number of benzene rings is 2. The molecule has 1 amide bonds. The van der Waals surface area contributed by atoms with Gasteiger partial charge in [-0.3, -0.25) is 4.79 Å². The molecule has 3 nitrogen and oxygen atoms in total. The summed E-state index contributed by atoms with van der Waals surface area (Å²) < 4.78 is 0. The molecule has 0 aliphatic carbocycles. The van der Waals surface area contributed by atoms with E-state index < -0.39 is 0 Å². The van der Waals surface area contributed by atoms with Crippen LogP contribution in [0.15, 0.2) is 54.6 Å². The number of piperazine rings is 1. The van der Waals surface area contributed by atoms with E-state index in [1.165, 1.54) is 0 Å². The van der Waals surface area contributed by atoms with Crippen molar-refractivity contribution in [3.05, 3.63) is 70.2 Å². The van der Waals surface area contributed by atoms with Crippen molar-refractivity contribution in [1.29, 1.82) is 0 Å². The van der Waals surface area contributed by atoms with Crippen LogP contribution in [-0.4, -0.2) is 37.0 Å². The van der Waals surface area contributed by atoms with Crippen molar-refractivity contribution < 1.29 is 4.79 Å². The molecule has 124 valence electrons. The molecule has 0 unspecified atom stereocenters. The van der Waals surface area contributed by atoms with Crippen molar-refractivity contribution in [2.24, 2.45) is 0 Å². The number of anilines is 1. The Balaban J connectivity index is 1.56. The summed E-state index contributed by atoms with van der Waals surface area (Å²) in [6.45, 7) is 3.02. The van der Waals surface area contributed by atoms with Crippen LogP contribution in [0.1, 0.15) is 5.56 Å². The standard InChI is InChI=1S/C19H18Cl2N2O/c20-16-7-4-15(5-8-16)6-9-19(24)23-12-10-22(11-13-23)18-3-1-2-17(21)14-18/h1-9,14H,10-13H2/b9-6+. The first-order chi connectivity index (χ1) is 11.6. The van der Waals surface area contributed by atoms with Crippen molar-refractivity contribution in [2.45, 2.75) is 0 Å². The van der Waals surface area contributed by atoms with Crippen molar-refractivity contribution in [3.63, 3.8) is 0 Å². The van der Waals surface area contributed by atoms with Gasteiger partial charge in [-0.25, -0.2) is 0 Å². The van der Waals surface area contributed by atoms with E-state index in [2.05, 4.69) is 4.90 Å². The lowest BCUT2D eigenvalue weighted by molar-refractivity contribution is -0.126. The summed E-state index contributed by atoms with van der Waals surface area (Å²) in [5.74, 6) is 0.0377. The van der Waals surface area contributed by atoms with E-state index in [0.717, 1.165) is 29.4 Å². The van der Waals surface area contributed by atoms with E-state index >= 15 is 0 Å². The Kier molecular flexibility index (Phi) is 5.44. The predicted molar refractivity (Wildman–Crippen MR) is 101 cm³/mol. The van der Waals surface area contributed by atoms with Gasteiger partial charge in [0.1, 0.15) is 0 Å². The molecule has 24 heavy (non-hydrogen) atoms. The Morgan fingerprint density at radius 1 is 0.917 bits per heavy atom. The molecule has 1 aliphatic rings. The molecule has 5 heteroatoms. The minimum Gasteiger partial charge on any atom is -0.368 e. The van der Waals surface area contributed by atoms with Crippen LogP contribution in [0.4, 0.5) is 5.69 Å². The minimum atomic E-state index is 0.0377. The molecule has 1 aliphatic heterocycles. The van der Waals surface area contributed by atoms with Gasteiger partial charge in [0.2, 0.25) is 5.91 Å². The molecule has 1 saturated heterocycles. The maximum atomic E-state index is 12.3. The molecule has 1 heterocycles. The van der Waals surface area contributed by atoms with Crippen LogP contribution >= 0.6 is 23.2 Å². The zero-order chi connectivity index (χ0) is 16.9. The second-order valence-electron chi connectivity index (χ2n) is 5.68. The second kappa shape index (κ2) is 7.73. The first-order valence-electron chi connectivity index (χ1n) is 7.85. The lowest BCUT2D eigenvalue weighted by atomic mass is 10.2. The van der Waals surface area contributed by atoms with Gasteiger partial charge in [-0.2, -0.15) is 0 Å². The third kappa shape index (κ3) is 4.31. The molecule has 0 radical (unpaired) electrons. The lowest BCUT2D eigenvalue weighted by Gasteiger charge is -2.35. The highest BCUT2D eigenvalue weighted by Crippen LogP contribution is 2.21. The Labute approximate surface area is 152 Å². The molecule has 0 spiro atoms. The average molecular weight is 361 g/mol. The van der Waals surface area contributed by atoms with Gasteiger partial charge in [0, 0.05) is 48.0 Å². The van der Waals surface area contributed by atoms with E-state index in [9.17, 15) is 4.79 Å². The van der Waals surface area contributed by atoms with Gasteiger partial charge >= 0.3 is 0 Å². The van der Waals surface area contributed by atoms with E-state index in [-0.39, 0.29) is 5.91 Å². The highest BCUT2D eigenvalue weighted by molar-refractivity contribution is 6.31. The first-order valence-corrected chi connectivity index (χ1v) is 8.60. The first kappa shape index (κ1) is 16.9. The van der Waals surface area contributed by atoms with Gasteiger partial charge in [0.15, 0.2) is 0 Å². The molecule has 2 aromatic carbocycles. The highest BCUT2D eigenvalue weighted by atomic mass is 35.5. The van der Waals surface area contributed by atoms with Crippen LogP contribution in [0.5, 0.6) is 0 Å². The second-order valence-corrected chi connectivity index (χ2v) is 6.55. The van der Waals surface area contributed by atoms with Crippen LogP contribution in [0.2, 0.25) is 10.0 Å². The molecule has 1 fully saturated rings. The number of hydrogen-bond acceptors (Lipinski definition) is 2. The van der Waals surface area contributed by atoms with E-state index in [1.54, 1.807) is 6.08 Å². The Hall–Kier alpha value is -1.97. The molecule has 2 aromatic rings. The average Bonchev–Trinajstić information content (AvgIpc) is 2.61. The van der Waals surface area contributed by atoms with Crippen LogP contribution in [0.25, 0.3) is 6.08 Å². The van der Waals surface area contributed by atoms with E-state index in [4.69, 9.17) is 23.2 Å².